The number of hydrogen-bond acceptors (Lipinski definition) is 2. The van der Waals surface area contributed by atoms with Gasteiger partial charge in [-0.2, -0.15) is 26.3 Å². The average molecular weight is 546 g/mol. The summed E-state index contributed by atoms with van der Waals surface area (Å²) in [5.74, 6) is -2.45. The Balaban J connectivity index is 0.000000686. The van der Waals surface area contributed by atoms with E-state index in [4.69, 9.17) is 5.11 Å². The molecule has 0 radical (unpaired) electrons. The van der Waals surface area contributed by atoms with Crippen molar-refractivity contribution in [1.29, 1.82) is 0 Å². The quantitative estimate of drug-likeness (QED) is 0.144. The topological polar surface area (TPSA) is 37.3 Å². The van der Waals surface area contributed by atoms with Crippen molar-refractivity contribution in [3.05, 3.63) is 35.4 Å². The summed E-state index contributed by atoms with van der Waals surface area (Å²) in [5, 5.41) is 8.88. The molecule has 0 fully saturated rings. The van der Waals surface area contributed by atoms with Crippen LogP contribution in [0.1, 0.15) is 95.0 Å². The average Bonchev–Trinajstić information content (AvgIpc) is 2.81. The van der Waals surface area contributed by atoms with Crippen molar-refractivity contribution in [2.24, 2.45) is 0 Å². The minimum absolute atomic E-state index is 0.541. The van der Waals surface area contributed by atoms with Crippen LogP contribution in [0.3, 0.4) is 0 Å². The zero-order chi connectivity index (χ0) is 28.0. The van der Waals surface area contributed by atoms with Gasteiger partial charge in [-0.15, -0.1) is 0 Å². The van der Waals surface area contributed by atoms with Crippen LogP contribution in [-0.2, 0) is 0 Å². The first kappa shape index (κ1) is 34.9. The molecule has 0 spiro atoms. The first-order chi connectivity index (χ1) is 16.7. The van der Waals surface area contributed by atoms with Gasteiger partial charge >= 0.3 is 18.0 Å². The fourth-order valence-electron chi connectivity index (χ4n) is 3.98. The summed E-state index contributed by atoms with van der Waals surface area (Å²) in [7, 11) is -0.562. The number of rotatable bonds is 14. The van der Waals surface area contributed by atoms with E-state index >= 15 is 0 Å². The smallest absolute Gasteiger partial charge is 0.367 e. The predicted octanol–water partition coefficient (Wildman–Crippen LogP) is 9.24. The van der Waals surface area contributed by atoms with Crippen LogP contribution in [-0.4, -0.2) is 53.5 Å². The normalized spacial score (nSPS) is 12.8. The molecule has 9 heteroatoms. The highest BCUT2D eigenvalue weighted by atomic mass is 31.2. The Morgan fingerprint density at radius 1 is 0.694 bits per heavy atom. The first-order valence-corrected chi connectivity index (χ1v) is 15.5. The number of aliphatic hydroxyl groups is 1. The number of benzene rings is 1. The Labute approximate surface area is 213 Å². The van der Waals surface area contributed by atoms with Crippen LogP contribution < -0.4 is 0 Å². The lowest BCUT2D eigenvalue weighted by Crippen LogP contribution is -2.62. The lowest BCUT2D eigenvalue weighted by molar-refractivity contribution is -0.342. The van der Waals surface area contributed by atoms with E-state index in [-0.39, 0.29) is 0 Å². The number of hydrogen-bond donors (Lipinski definition) is 1. The van der Waals surface area contributed by atoms with Gasteiger partial charge in [-0.05, 0) is 32.6 Å². The molecule has 2 nitrogen and oxygen atoms in total. The van der Waals surface area contributed by atoms with Gasteiger partial charge in [0, 0.05) is 12.8 Å². The van der Waals surface area contributed by atoms with Crippen LogP contribution in [0.5, 0.6) is 0 Å². The zero-order valence-electron chi connectivity index (χ0n) is 22.4. The van der Waals surface area contributed by atoms with E-state index in [1.165, 1.54) is 70.4 Å². The summed E-state index contributed by atoms with van der Waals surface area (Å²) >= 11 is 0. The molecule has 0 saturated heterocycles. The highest BCUT2D eigenvalue weighted by Gasteiger charge is 2.75. The van der Waals surface area contributed by atoms with E-state index in [9.17, 15) is 31.1 Å². The minimum Gasteiger partial charge on any atom is -0.367 e. The molecule has 0 heterocycles. The second-order valence-corrected chi connectivity index (χ2v) is 14.0. The van der Waals surface area contributed by atoms with Crippen molar-refractivity contribution in [3.8, 4) is 0 Å². The molecule has 0 atom stereocenters. The molecule has 0 bridgehead atoms. The molecule has 1 N–H and O–H groups in total. The van der Waals surface area contributed by atoms with Gasteiger partial charge in [0.2, 0.25) is 5.78 Å². The molecule has 0 amide bonds. The molecule has 0 aliphatic heterocycles. The van der Waals surface area contributed by atoms with Crippen molar-refractivity contribution in [2.75, 3.05) is 24.6 Å². The van der Waals surface area contributed by atoms with Crippen molar-refractivity contribution in [2.45, 2.75) is 104 Å². The van der Waals surface area contributed by atoms with Crippen molar-refractivity contribution in [1.82, 2.24) is 0 Å². The molecule has 0 aliphatic rings. The van der Waals surface area contributed by atoms with Gasteiger partial charge in [0.15, 0.2) is 0 Å². The minimum atomic E-state index is -6.16. The summed E-state index contributed by atoms with van der Waals surface area (Å²) in [6.07, 6.45) is 5.63. The van der Waals surface area contributed by atoms with Crippen LogP contribution in [0.2, 0.25) is 0 Å². The molecule has 36 heavy (non-hydrogen) atoms. The van der Waals surface area contributed by atoms with Gasteiger partial charge < -0.3 is 5.11 Å². The van der Waals surface area contributed by atoms with Crippen molar-refractivity contribution < 1.29 is 36.2 Å². The fraction of sp³-hybridized carbons (Fsp3) is 0.741. The highest BCUT2D eigenvalue weighted by Crippen LogP contribution is 2.61. The monoisotopic (exact) mass is 545 g/mol. The molecular weight excluding hydrogens is 501 g/mol. The lowest BCUT2D eigenvalue weighted by Gasteiger charge is -2.30. The van der Waals surface area contributed by atoms with Gasteiger partial charge in [0.25, 0.3) is 0 Å². The van der Waals surface area contributed by atoms with Crippen LogP contribution in [0.25, 0.3) is 0 Å². The van der Waals surface area contributed by atoms with Crippen LogP contribution >= 0.6 is 7.26 Å². The molecule has 0 saturated carbocycles. The maximum atomic E-state index is 12.4. The highest BCUT2D eigenvalue weighted by molar-refractivity contribution is 7.75. The number of alkyl halides is 6. The van der Waals surface area contributed by atoms with Crippen LogP contribution in [0.4, 0.5) is 26.3 Å². The van der Waals surface area contributed by atoms with E-state index < -0.39 is 36.6 Å². The summed E-state index contributed by atoms with van der Waals surface area (Å²) in [6.45, 7) is 11.0. The Morgan fingerprint density at radius 3 is 1.25 bits per heavy atom. The maximum absolute atomic E-state index is 12.4. The van der Waals surface area contributed by atoms with Gasteiger partial charge in [-0.25, -0.2) is 0 Å². The standard InChI is InChI=1S/C16H36P.C11H8F6O2/c1-5-9-13-17(14-10-6-2,15-11-7-3)16-12-8-4;1-6-2-4-7(5-3-6)8(18)9(19,10(12,13)14)11(15,16)17/h5-16H2,1-4H3;2-5,19H,1H3/q+1;. The van der Waals surface area contributed by atoms with Gasteiger partial charge in [0.1, 0.15) is 0 Å². The molecular formula is C27H44F6O2P+. The van der Waals surface area contributed by atoms with E-state index in [0.717, 1.165) is 12.1 Å². The number of Topliss-reactive ketones (excluding diaryl/α,β-unsaturated/α-hetero) is 1. The Kier molecular flexibility index (Phi) is 15.5. The number of aryl methyl sites for hydroxylation is 1. The third-order valence-corrected chi connectivity index (χ3v) is 11.5. The Hall–Kier alpha value is -1.14. The van der Waals surface area contributed by atoms with E-state index in [1.54, 1.807) is 24.6 Å². The second kappa shape index (κ2) is 16.0. The van der Waals surface area contributed by atoms with Gasteiger partial charge in [-0.3, -0.25) is 4.79 Å². The molecule has 1 aromatic rings. The first-order valence-electron chi connectivity index (χ1n) is 13.0. The maximum Gasteiger partial charge on any atom is 0.434 e. The van der Waals surface area contributed by atoms with Crippen LogP contribution in [0, 0.1) is 6.92 Å². The second-order valence-electron chi connectivity index (χ2n) is 9.55. The number of carbonyl (C=O) groups is 1. The summed E-state index contributed by atoms with van der Waals surface area (Å²) in [4.78, 5) is 11.4. The number of carbonyl (C=O) groups excluding carboxylic acids is 1. The summed E-state index contributed by atoms with van der Waals surface area (Å²) < 4.78 is 74.5. The van der Waals surface area contributed by atoms with E-state index in [0.29, 0.717) is 5.56 Å². The number of ketones is 1. The SMILES string of the molecule is CCCC[P+](CCCC)(CCCC)CCCC.Cc1ccc(C(=O)C(O)(C(F)(F)F)C(F)(F)F)cc1. The van der Waals surface area contributed by atoms with Crippen molar-refractivity contribution >= 4 is 13.0 Å². The third-order valence-electron chi connectivity index (χ3n) is 6.41. The Bertz CT molecular complexity index is 693. The lowest BCUT2D eigenvalue weighted by atomic mass is 9.91. The zero-order valence-corrected chi connectivity index (χ0v) is 23.3. The van der Waals surface area contributed by atoms with Crippen LogP contribution in [0.15, 0.2) is 24.3 Å². The molecule has 0 aliphatic carbocycles. The Morgan fingerprint density at radius 2 is 1.00 bits per heavy atom. The van der Waals surface area contributed by atoms with Crippen molar-refractivity contribution in [3.63, 3.8) is 0 Å². The third kappa shape index (κ3) is 10.3. The number of unbranched alkanes of at least 4 members (excludes halogenated alkanes) is 4. The van der Waals surface area contributed by atoms with E-state index in [2.05, 4.69) is 27.7 Å². The molecule has 0 unspecified atom stereocenters. The molecule has 1 rings (SSSR count). The number of halogens is 6. The summed E-state index contributed by atoms with van der Waals surface area (Å²) in [6, 6.07) is 3.92. The predicted molar refractivity (Wildman–Crippen MR) is 139 cm³/mol. The molecule has 0 aromatic heterocycles. The summed E-state index contributed by atoms with van der Waals surface area (Å²) in [5.41, 5.74) is -5.74. The fourth-order valence-corrected chi connectivity index (χ4v) is 9.27. The largest absolute Gasteiger partial charge is 0.434 e. The van der Waals surface area contributed by atoms with Gasteiger partial charge in [0.05, 0.1) is 24.6 Å². The van der Waals surface area contributed by atoms with Gasteiger partial charge in [-0.1, -0.05) is 83.2 Å². The molecule has 1 aromatic carbocycles. The van der Waals surface area contributed by atoms with E-state index in [1.807, 2.05) is 0 Å². The molecule has 210 valence electrons.